The van der Waals surface area contributed by atoms with Gasteiger partial charge in [-0.15, -0.1) is 0 Å². The first kappa shape index (κ1) is 18.1. The quantitative estimate of drug-likeness (QED) is 0.539. The zero-order valence-electron chi connectivity index (χ0n) is 15.1. The van der Waals surface area contributed by atoms with Crippen molar-refractivity contribution >= 4 is 0 Å². The standard InChI is InChI=1S/C21H16F2N2O3/c1-11-17(19(24-27-11)13-3-7-15(22)8-4-13)21(26)18-12(2)28-25-20(18)14-5-9-16(23)10-6-14/h3-10,21,26H,1-2H3. The molecule has 28 heavy (non-hydrogen) atoms. The Labute approximate surface area is 159 Å². The number of aliphatic hydroxyl groups excluding tert-OH is 1. The molecule has 0 fully saturated rings. The van der Waals surface area contributed by atoms with E-state index in [0.29, 0.717) is 45.2 Å². The largest absolute Gasteiger partial charge is 0.383 e. The average Bonchev–Trinajstić information content (AvgIpc) is 3.25. The normalized spacial score (nSPS) is 11.4. The summed E-state index contributed by atoms with van der Waals surface area (Å²) in [5.41, 5.74) is 2.86. The van der Waals surface area contributed by atoms with Gasteiger partial charge < -0.3 is 14.2 Å². The number of hydrogen-bond acceptors (Lipinski definition) is 5. The van der Waals surface area contributed by atoms with Crippen LogP contribution in [0.5, 0.6) is 0 Å². The van der Waals surface area contributed by atoms with Gasteiger partial charge in [0.25, 0.3) is 0 Å². The highest BCUT2D eigenvalue weighted by atomic mass is 19.1. The van der Waals surface area contributed by atoms with Crippen LogP contribution in [-0.2, 0) is 0 Å². The van der Waals surface area contributed by atoms with E-state index in [9.17, 15) is 13.9 Å². The first-order valence-corrected chi connectivity index (χ1v) is 8.58. The van der Waals surface area contributed by atoms with Crippen molar-refractivity contribution in [2.24, 2.45) is 0 Å². The lowest BCUT2D eigenvalue weighted by molar-refractivity contribution is 0.216. The summed E-state index contributed by atoms with van der Waals surface area (Å²) in [5, 5.41) is 19.2. The summed E-state index contributed by atoms with van der Waals surface area (Å²) in [6.45, 7) is 3.36. The SMILES string of the molecule is Cc1onc(-c2ccc(F)cc2)c1C(O)c1c(-c2ccc(F)cc2)noc1C. The van der Waals surface area contributed by atoms with Gasteiger partial charge in [-0.3, -0.25) is 0 Å². The van der Waals surface area contributed by atoms with Gasteiger partial charge in [-0.1, -0.05) is 10.3 Å². The third-order valence-corrected chi connectivity index (χ3v) is 4.60. The van der Waals surface area contributed by atoms with Crippen LogP contribution >= 0.6 is 0 Å². The van der Waals surface area contributed by atoms with Crippen molar-refractivity contribution in [3.63, 3.8) is 0 Å². The van der Waals surface area contributed by atoms with Crippen LogP contribution in [0.3, 0.4) is 0 Å². The van der Waals surface area contributed by atoms with Gasteiger partial charge in [-0.05, 0) is 62.4 Å². The summed E-state index contributed by atoms with van der Waals surface area (Å²) in [7, 11) is 0. The molecule has 142 valence electrons. The summed E-state index contributed by atoms with van der Waals surface area (Å²) in [5.74, 6) is 0.0778. The molecule has 4 aromatic rings. The Bertz CT molecular complexity index is 1030. The highest BCUT2D eigenvalue weighted by Crippen LogP contribution is 2.39. The maximum atomic E-state index is 13.3. The lowest BCUT2D eigenvalue weighted by Crippen LogP contribution is -2.04. The Morgan fingerprint density at radius 1 is 0.714 bits per heavy atom. The Hall–Kier alpha value is -3.32. The molecular formula is C21H16F2N2O3. The van der Waals surface area contributed by atoms with Crippen molar-refractivity contribution in [3.8, 4) is 22.5 Å². The summed E-state index contributed by atoms with van der Waals surface area (Å²) < 4.78 is 37.1. The van der Waals surface area contributed by atoms with E-state index in [1.54, 1.807) is 38.1 Å². The first-order chi connectivity index (χ1) is 13.5. The van der Waals surface area contributed by atoms with Gasteiger partial charge >= 0.3 is 0 Å². The summed E-state index contributed by atoms with van der Waals surface area (Å²) in [6, 6.07) is 11.5. The molecule has 2 aromatic heterocycles. The van der Waals surface area contributed by atoms with Gasteiger partial charge in [0.2, 0.25) is 0 Å². The summed E-state index contributed by atoms with van der Waals surface area (Å²) in [6.07, 6.45) is -1.15. The average molecular weight is 382 g/mol. The zero-order valence-corrected chi connectivity index (χ0v) is 15.1. The molecule has 0 aliphatic carbocycles. The number of hydrogen-bond donors (Lipinski definition) is 1. The van der Waals surface area contributed by atoms with Gasteiger partial charge in [-0.2, -0.15) is 0 Å². The summed E-state index contributed by atoms with van der Waals surface area (Å²) in [4.78, 5) is 0. The molecule has 2 aromatic carbocycles. The van der Waals surface area contributed by atoms with E-state index in [2.05, 4.69) is 10.3 Å². The smallest absolute Gasteiger partial charge is 0.140 e. The Balaban J connectivity index is 1.83. The van der Waals surface area contributed by atoms with Gasteiger partial charge in [0.1, 0.15) is 40.6 Å². The highest BCUT2D eigenvalue weighted by molar-refractivity contribution is 5.69. The molecule has 2 heterocycles. The number of rotatable bonds is 4. The molecule has 5 nitrogen and oxygen atoms in total. The fourth-order valence-corrected chi connectivity index (χ4v) is 3.18. The van der Waals surface area contributed by atoms with Crippen LogP contribution in [0.4, 0.5) is 8.78 Å². The molecule has 4 rings (SSSR count). The number of nitrogens with zero attached hydrogens (tertiary/aromatic N) is 2. The maximum absolute atomic E-state index is 13.3. The third-order valence-electron chi connectivity index (χ3n) is 4.60. The molecule has 0 aliphatic heterocycles. The molecule has 0 atom stereocenters. The van der Waals surface area contributed by atoms with Crippen molar-refractivity contribution in [3.05, 3.63) is 82.8 Å². The number of halogens is 2. The fourth-order valence-electron chi connectivity index (χ4n) is 3.18. The molecule has 0 aliphatic rings. The first-order valence-electron chi connectivity index (χ1n) is 8.58. The van der Waals surface area contributed by atoms with Crippen LogP contribution in [0.15, 0.2) is 57.6 Å². The molecule has 0 radical (unpaired) electrons. The molecular weight excluding hydrogens is 366 g/mol. The van der Waals surface area contributed by atoms with E-state index in [4.69, 9.17) is 9.05 Å². The van der Waals surface area contributed by atoms with Crippen LogP contribution in [0.2, 0.25) is 0 Å². The number of benzene rings is 2. The van der Waals surface area contributed by atoms with E-state index in [1.807, 2.05) is 0 Å². The molecule has 0 unspecified atom stereocenters. The second-order valence-corrected chi connectivity index (χ2v) is 6.42. The molecule has 0 saturated carbocycles. The van der Waals surface area contributed by atoms with Gasteiger partial charge in [0.05, 0.1) is 11.1 Å². The van der Waals surface area contributed by atoms with E-state index in [0.717, 1.165) is 0 Å². The molecule has 0 spiro atoms. The van der Waals surface area contributed by atoms with E-state index in [1.165, 1.54) is 24.3 Å². The van der Waals surface area contributed by atoms with Crippen LogP contribution in [0, 0.1) is 25.5 Å². The minimum atomic E-state index is -1.15. The molecule has 1 N–H and O–H groups in total. The zero-order chi connectivity index (χ0) is 19.8. The maximum Gasteiger partial charge on any atom is 0.140 e. The molecule has 0 bridgehead atoms. The minimum absolute atomic E-state index is 0.375. The second kappa shape index (κ2) is 7.01. The minimum Gasteiger partial charge on any atom is -0.383 e. The molecule has 0 amide bonds. The number of aliphatic hydroxyl groups is 1. The van der Waals surface area contributed by atoms with Crippen molar-refractivity contribution in [2.45, 2.75) is 20.0 Å². The third kappa shape index (κ3) is 3.10. The topological polar surface area (TPSA) is 72.3 Å². The lowest BCUT2D eigenvalue weighted by Gasteiger charge is -2.12. The van der Waals surface area contributed by atoms with Gasteiger partial charge in [0.15, 0.2) is 0 Å². The van der Waals surface area contributed by atoms with Crippen molar-refractivity contribution in [1.29, 1.82) is 0 Å². The van der Waals surface area contributed by atoms with Crippen molar-refractivity contribution in [1.82, 2.24) is 10.3 Å². The predicted molar refractivity (Wildman–Crippen MR) is 97.3 cm³/mol. The molecule has 7 heteroatoms. The van der Waals surface area contributed by atoms with E-state index in [-0.39, 0.29) is 11.6 Å². The van der Waals surface area contributed by atoms with E-state index < -0.39 is 6.10 Å². The number of aromatic nitrogens is 2. The van der Waals surface area contributed by atoms with Crippen molar-refractivity contribution in [2.75, 3.05) is 0 Å². The van der Waals surface area contributed by atoms with Gasteiger partial charge in [-0.25, -0.2) is 8.78 Å². The van der Waals surface area contributed by atoms with Crippen LogP contribution in [-0.4, -0.2) is 15.4 Å². The Morgan fingerprint density at radius 2 is 1.07 bits per heavy atom. The Kier molecular flexibility index (Phi) is 4.52. The van der Waals surface area contributed by atoms with Crippen LogP contribution < -0.4 is 0 Å². The monoisotopic (exact) mass is 382 g/mol. The fraction of sp³-hybridized carbons (Fsp3) is 0.143. The second-order valence-electron chi connectivity index (χ2n) is 6.42. The highest BCUT2D eigenvalue weighted by Gasteiger charge is 2.29. The van der Waals surface area contributed by atoms with E-state index >= 15 is 0 Å². The lowest BCUT2D eigenvalue weighted by atomic mass is 9.93. The summed E-state index contributed by atoms with van der Waals surface area (Å²) >= 11 is 0. The predicted octanol–water partition coefficient (Wildman–Crippen LogP) is 4.97. The number of aryl methyl sites for hydroxylation is 2. The van der Waals surface area contributed by atoms with Gasteiger partial charge in [0, 0.05) is 11.1 Å². The Morgan fingerprint density at radius 3 is 1.43 bits per heavy atom. The van der Waals surface area contributed by atoms with Crippen molar-refractivity contribution < 1.29 is 22.9 Å². The van der Waals surface area contributed by atoms with Crippen LogP contribution in [0.25, 0.3) is 22.5 Å². The van der Waals surface area contributed by atoms with Crippen LogP contribution in [0.1, 0.15) is 28.8 Å². The molecule has 0 saturated heterocycles.